The van der Waals surface area contributed by atoms with Crippen molar-refractivity contribution in [3.63, 3.8) is 0 Å². The second kappa shape index (κ2) is 6.16. The van der Waals surface area contributed by atoms with E-state index in [1.807, 2.05) is 0 Å². The summed E-state index contributed by atoms with van der Waals surface area (Å²) in [5.74, 6) is -0.199. The third kappa shape index (κ3) is 2.62. The van der Waals surface area contributed by atoms with E-state index in [2.05, 4.69) is 0 Å². The molecular formula is C18H17N3O3. The Morgan fingerprint density at radius 1 is 1.04 bits per heavy atom. The molecule has 0 aliphatic rings. The van der Waals surface area contributed by atoms with Crippen LogP contribution in [0.3, 0.4) is 0 Å². The summed E-state index contributed by atoms with van der Waals surface area (Å²) in [4.78, 5) is 37.2. The number of Topliss-reactive ketones (excluding diaryl/α,β-unsaturated/α-hetero) is 1. The van der Waals surface area contributed by atoms with Crippen LogP contribution in [0, 0.1) is 0 Å². The number of carbonyl (C=O) groups is 1. The summed E-state index contributed by atoms with van der Waals surface area (Å²) in [5.41, 5.74) is 6.34. The average molecular weight is 323 g/mol. The molecule has 0 fully saturated rings. The molecule has 6 heteroatoms. The van der Waals surface area contributed by atoms with Gasteiger partial charge in [0.1, 0.15) is 0 Å². The molecule has 0 aliphatic carbocycles. The van der Waals surface area contributed by atoms with E-state index in [1.165, 1.54) is 4.57 Å². The van der Waals surface area contributed by atoms with Gasteiger partial charge in [-0.3, -0.25) is 18.7 Å². The number of anilines is 1. The molecular weight excluding hydrogens is 306 g/mol. The fourth-order valence-electron chi connectivity index (χ4n) is 2.76. The Hall–Kier alpha value is -3.15. The van der Waals surface area contributed by atoms with Crippen LogP contribution in [-0.4, -0.2) is 14.9 Å². The van der Waals surface area contributed by atoms with Gasteiger partial charge in [-0.2, -0.15) is 0 Å². The molecule has 2 aromatic carbocycles. The topological polar surface area (TPSA) is 87.1 Å². The van der Waals surface area contributed by atoms with Gasteiger partial charge in [0.15, 0.2) is 5.78 Å². The fourth-order valence-corrected chi connectivity index (χ4v) is 2.76. The highest BCUT2D eigenvalue weighted by Crippen LogP contribution is 2.13. The predicted molar refractivity (Wildman–Crippen MR) is 93.3 cm³/mol. The van der Waals surface area contributed by atoms with E-state index >= 15 is 0 Å². The lowest BCUT2D eigenvalue weighted by molar-refractivity contribution is 0.0977. The lowest BCUT2D eigenvalue weighted by Gasteiger charge is -2.10. The molecule has 1 aromatic heterocycles. The summed E-state index contributed by atoms with van der Waals surface area (Å²) in [6.45, 7) is 0.0174. The normalized spacial score (nSPS) is 10.9. The molecule has 24 heavy (non-hydrogen) atoms. The number of hydrogen-bond acceptors (Lipinski definition) is 4. The number of aromatic nitrogens is 2. The molecule has 0 unspecified atom stereocenters. The number of ketones is 1. The monoisotopic (exact) mass is 323 g/mol. The molecule has 0 saturated heterocycles. The third-order valence-electron chi connectivity index (χ3n) is 4.08. The van der Waals surface area contributed by atoms with E-state index in [-0.39, 0.29) is 24.3 Å². The minimum atomic E-state index is -0.437. The summed E-state index contributed by atoms with van der Waals surface area (Å²) in [5, 5.41) is 0.450. The van der Waals surface area contributed by atoms with Crippen molar-refractivity contribution < 1.29 is 4.79 Å². The first kappa shape index (κ1) is 15.7. The minimum absolute atomic E-state index is 0.0174. The van der Waals surface area contributed by atoms with Gasteiger partial charge in [-0.15, -0.1) is 0 Å². The fraction of sp³-hybridized carbons (Fsp3) is 0.167. The summed E-state index contributed by atoms with van der Waals surface area (Å²) >= 11 is 0. The predicted octanol–water partition coefficient (Wildman–Crippen LogP) is 1.56. The lowest BCUT2D eigenvalue weighted by atomic mass is 10.1. The summed E-state index contributed by atoms with van der Waals surface area (Å²) in [6, 6.07) is 13.7. The molecule has 0 amide bonds. The Balaban J connectivity index is 1.97. The van der Waals surface area contributed by atoms with Gasteiger partial charge in [-0.25, -0.2) is 4.79 Å². The third-order valence-corrected chi connectivity index (χ3v) is 4.08. The number of hydrogen-bond donors (Lipinski definition) is 1. The number of fused-ring (bicyclic) bond motifs is 1. The summed E-state index contributed by atoms with van der Waals surface area (Å²) in [7, 11) is 1.61. The second-order valence-corrected chi connectivity index (χ2v) is 5.58. The molecule has 122 valence electrons. The molecule has 1 heterocycles. The van der Waals surface area contributed by atoms with Crippen molar-refractivity contribution in [3.05, 3.63) is 74.9 Å². The van der Waals surface area contributed by atoms with Gasteiger partial charge in [0.05, 0.1) is 10.9 Å². The van der Waals surface area contributed by atoms with Gasteiger partial charge in [-0.1, -0.05) is 24.3 Å². The Morgan fingerprint density at radius 2 is 1.71 bits per heavy atom. The number of nitrogens with two attached hydrogens (primary N) is 1. The van der Waals surface area contributed by atoms with Gasteiger partial charge >= 0.3 is 5.69 Å². The zero-order valence-electron chi connectivity index (χ0n) is 13.2. The number of carbonyl (C=O) groups excluding carboxylic acids is 1. The highest BCUT2D eigenvalue weighted by molar-refractivity contribution is 6.00. The first-order chi connectivity index (χ1) is 11.5. The molecule has 0 spiro atoms. The van der Waals surface area contributed by atoms with Gasteiger partial charge in [0.2, 0.25) is 0 Å². The van der Waals surface area contributed by atoms with Crippen LogP contribution in [0.15, 0.2) is 58.1 Å². The summed E-state index contributed by atoms with van der Waals surface area (Å²) < 4.78 is 2.51. The standard InChI is InChI=1S/C18H17N3O3/c1-20-15-9-5-3-7-13(15)17(23)21(18(20)24)11-10-16(22)12-6-2-4-8-14(12)19/h2-9H,10-11,19H2,1H3. The Labute approximate surface area is 137 Å². The molecule has 0 bridgehead atoms. The molecule has 0 atom stereocenters. The molecule has 0 radical (unpaired) electrons. The number of benzene rings is 2. The Morgan fingerprint density at radius 3 is 2.46 bits per heavy atom. The van der Waals surface area contributed by atoms with Crippen molar-refractivity contribution in [3.8, 4) is 0 Å². The van der Waals surface area contributed by atoms with Gasteiger partial charge in [0.25, 0.3) is 5.56 Å². The molecule has 3 rings (SSSR count). The first-order valence-electron chi connectivity index (χ1n) is 7.57. The van der Waals surface area contributed by atoms with Crippen molar-refractivity contribution in [2.45, 2.75) is 13.0 Å². The first-order valence-corrected chi connectivity index (χ1v) is 7.57. The second-order valence-electron chi connectivity index (χ2n) is 5.58. The van der Waals surface area contributed by atoms with Crippen LogP contribution in [0.5, 0.6) is 0 Å². The highest BCUT2D eigenvalue weighted by Gasteiger charge is 2.14. The van der Waals surface area contributed by atoms with Crippen LogP contribution in [0.25, 0.3) is 10.9 Å². The van der Waals surface area contributed by atoms with E-state index in [1.54, 1.807) is 55.6 Å². The van der Waals surface area contributed by atoms with E-state index in [9.17, 15) is 14.4 Å². The Kier molecular flexibility index (Phi) is 4.04. The number of nitrogen functional groups attached to an aromatic ring is 1. The van der Waals surface area contributed by atoms with Crippen molar-refractivity contribution in [1.29, 1.82) is 0 Å². The van der Waals surface area contributed by atoms with Crippen molar-refractivity contribution in [2.24, 2.45) is 7.05 Å². The molecule has 6 nitrogen and oxygen atoms in total. The van der Waals surface area contributed by atoms with E-state index in [0.29, 0.717) is 22.2 Å². The van der Waals surface area contributed by atoms with Crippen LogP contribution < -0.4 is 17.0 Å². The van der Waals surface area contributed by atoms with E-state index < -0.39 is 5.69 Å². The van der Waals surface area contributed by atoms with E-state index in [0.717, 1.165) is 4.57 Å². The van der Waals surface area contributed by atoms with Crippen LogP contribution in [0.4, 0.5) is 5.69 Å². The lowest BCUT2D eigenvalue weighted by Crippen LogP contribution is -2.39. The average Bonchev–Trinajstić information content (AvgIpc) is 2.60. The minimum Gasteiger partial charge on any atom is -0.398 e. The van der Waals surface area contributed by atoms with E-state index in [4.69, 9.17) is 5.73 Å². The van der Waals surface area contributed by atoms with Gasteiger partial charge in [-0.05, 0) is 24.3 Å². The maximum Gasteiger partial charge on any atom is 0.331 e. The van der Waals surface area contributed by atoms with Crippen LogP contribution in [0.1, 0.15) is 16.8 Å². The zero-order valence-corrected chi connectivity index (χ0v) is 13.2. The maximum absolute atomic E-state index is 12.5. The smallest absolute Gasteiger partial charge is 0.331 e. The maximum atomic E-state index is 12.5. The number of aryl methyl sites for hydroxylation is 1. The number of nitrogens with zero attached hydrogens (tertiary/aromatic N) is 2. The van der Waals surface area contributed by atoms with Crippen molar-refractivity contribution in [2.75, 3.05) is 5.73 Å². The van der Waals surface area contributed by atoms with Crippen LogP contribution in [0.2, 0.25) is 0 Å². The number of rotatable bonds is 4. The molecule has 3 aromatic rings. The highest BCUT2D eigenvalue weighted by atomic mass is 16.2. The largest absolute Gasteiger partial charge is 0.398 e. The molecule has 2 N–H and O–H groups in total. The Bertz CT molecular complexity index is 1050. The zero-order chi connectivity index (χ0) is 17.3. The van der Waals surface area contributed by atoms with Crippen LogP contribution in [-0.2, 0) is 13.6 Å². The van der Waals surface area contributed by atoms with Crippen molar-refractivity contribution in [1.82, 2.24) is 9.13 Å². The quantitative estimate of drug-likeness (QED) is 0.583. The molecule has 0 saturated carbocycles. The van der Waals surface area contributed by atoms with Crippen molar-refractivity contribution >= 4 is 22.4 Å². The SMILES string of the molecule is Cn1c(=O)n(CCC(=O)c2ccccc2N)c(=O)c2ccccc21. The molecule has 0 aliphatic heterocycles. The summed E-state index contributed by atoms with van der Waals surface area (Å²) in [6.07, 6.45) is 0.0295. The van der Waals surface area contributed by atoms with Crippen LogP contribution >= 0.6 is 0 Å². The number of para-hydroxylation sites is 2. The van der Waals surface area contributed by atoms with Gasteiger partial charge in [0, 0.05) is 31.3 Å². The van der Waals surface area contributed by atoms with Gasteiger partial charge < -0.3 is 5.73 Å².